The molecule has 0 aliphatic carbocycles. The minimum atomic E-state index is -0.512. The van der Waals surface area contributed by atoms with Crippen molar-refractivity contribution in [1.82, 2.24) is 0 Å². The molecule has 0 bridgehead atoms. The Morgan fingerprint density at radius 1 is 1.24 bits per heavy atom. The number of halogens is 2. The molecule has 0 spiro atoms. The summed E-state index contributed by atoms with van der Waals surface area (Å²) in [5.41, 5.74) is 1.35. The number of fused-ring (bicyclic) bond motifs is 1. The van der Waals surface area contributed by atoms with Gasteiger partial charge in [0.2, 0.25) is 5.91 Å². The number of benzene rings is 2. The van der Waals surface area contributed by atoms with E-state index in [0.717, 1.165) is 6.07 Å². The number of amides is 2. The second-order valence-electron chi connectivity index (χ2n) is 4.61. The Labute approximate surface area is 128 Å². The van der Waals surface area contributed by atoms with Crippen molar-refractivity contribution in [2.75, 3.05) is 16.8 Å². The molecule has 0 unspecified atom stereocenters. The van der Waals surface area contributed by atoms with Gasteiger partial charge in [0.1, 0.15) is 12.4 Å². The normalized spacial score (nSPS) is 13.6. The van der Waals surface area contributed by atoms with E-state index in [-0.39, 0.29) is 18.0 Å². The smallest absolute Gasteiger partial charge is 0.258 e. The number of hydrogen-bond acceptors (Lipinski definition) is 2. The summed E-state index contributed by atoms with van der Waals surface area (Å²) < 4.78 is 13.9. The largest absolute Gasteiger partial charge is 0.323 e. The molecule has 0 fully saturated rings. The highest BCUT2D eigenvalue weighted by Crippen LogP contribution is 2.30. The molecule has 1 heterocycles. The zero-order valence-corrected chi connectivity index (χ0v) is 12.4. The fourth-order valence-corrected chi connectivity index (χ4v) is 2.71. The van der Waals surface area contributed by atoms with Crippen molar-refractivity contribution in [2.45, 2.75) is 0 Å². The maximum Gasteiger partial charge on any atom is 0.258 e. The molecule has 4 nitrogen and oxygen atoms in total. The molecule has 21 heavy (non-hydrogen) atoms. The van der Waals surface area contributed by atoms with E-state index in [1.54, 1.807) is 24.3 Å². The predicted molar refractivity (Wildman–Crippen MR) is 80.8 cm³/mol. The summed E-state index contributed by atoms with van der Waals surface area (Å²) >= 11 is 3.16. The van der Waals surface area contributed by atoms with Crippen LogP contribution in [0.25, 0.3) is 0 Å². The van der Waals surface area contributed by atoms with Gasteiger partial charge in [-0.2, -0.15) is 0 Å². The summed E-state index contributed by atoms with van der Waals surface area (Å²) in [5, 5.41) is 2.70. The molecule has 2 amide bonds. The zero-order chi connectivity index (χ0) is 15.0. The van der Waals surface area contributed by atoms with Gasteiger partial charge in [0.05, 0.1) is 11.4 Å². The van der Waals surface area contributed by atoms with E-state index < -0.39 is 11.7 Å². The quantitative estimate of drug-likeness (QED) is 0.860. The molecule has 6 heteroatoms. The Morgan fingerprint density at radius 3 is 2.76 bits per heavy atom. The molecule has 0 saturated carbocycles. The summed E-state index contributed by atoms with van der Waals surface area (Å²) in [6.45, 7) is -0.0933. The van der Waals surface area contributed by atoms with Gasteiger partial charge in [0.25, 0.3) is 5.91 Å². The lowest BCUT2D eigenvalue weighted by molar-refractivity contribution is -0.115. The van der Waals surface area contributed by atoms with Crippen molar-refractivity contribution in [3.8, 4) is 0 Å². The molecule has 2 aromatic rings. The third-order valence-corrected chi connectivity index (χ3v) is 3.58. The molecular weight excluding hydrogens is 339 g/mol. The molecule has 2 aromatic carbocycles. The molecule has 0 saturated heterocycles. The van der Waals surface area contributed by atoms with E-state index in [1.807, 2.05) is 0 Å². The first-order valence-electron chi connectivity index (χ1n) is 6.21. The van der Waals surface area contributed by atoms with Crippen LogP contribution < -0.4 is 10.2 Å². The number of nitrogens with one attached hydrogen (secondary N) is 1. The van der Waals surface area contributed by atoms with Gasteiger partial charge < -0.3 is 5.32 Å². The van der Waals surface area contributed by atoms with Crippen molar-refractivity contribution < 1.29 is 14.0 Å². The summed E-state index contributed by atoms with van der Waals surface area (Å²) in [6.07, 6.45) is 0. The number of anilines is 2. The minimum Gasteiger partial charge on any atom is -0.323 e. The highest BCUT2D eigenvalue weighted by atomic mass is 79.9. The standard InChI is InChI=1S/C15H10BrFN2O2/c16-10-5-9(6-11(17)7-10)15(21)19-8-14(20)18-12-3-1-2-4-13(12)19/h1-7H,8H2,(H,18,20). The van der Waals surface area contributed by atoms with Crippen LogP contribution in [-0.4, -0.2) is 18.4 Å². The first-order chi connectivity index (χ1) is 10.0. The lowest BCUT2D eigenvalue weighted by Crippen LogP contribution is -2.42. The van der Waals surface area contributed by atoms with Gasteiger partial charge in [-0.3, -0.25) is 14.5 Å². The van der Waals surface area contributed by atoms with E-state index >= 15 is 0 Å². The maximum absolute atomic E-state index is 13.4. The molecule has 1 N–H and O–H groups in total. The average Bonchev–Trinajstić information content (AvgIpc) is 2.44. The molecule has 0 aromatic heterocycles. The Kier molecular flexibility index (Phi) is 3.47. The van der Waals surface area contributed by atoms with E-state index in [4.69, 9.17) is 0 Å². The van der Waals surface area contributed by atoms with Crippen LogP contribution in [0.2, 0.25) is 0 Å². The Balaban J connectivity index is 2.03. The van der Waals surface area contributed by atoms with Crippen LogP contribution in [0.15, 0.2) is 46.9 Å². The predicted octanol–water partition coefficient (Wildman–Crippen LogP) is 3.19. The average molecular weight is 349 g/mol. The molecule has 106 valence electrons. The van der Waals surface area contributed by atoms with Crippen molar-refractivity contribution in [3.05, 3.63) is 58.3 Å². The zero-order valence-electron chi connectivity index (χ0n) is 10.8. The molecule has 1 aliphatic rings. The second kappa shape index (κ2) is 5.29. The summed E-state index contributed by atoms with van der Waals surface area (Å²) in [7, 11) is 0. The van der Waals surface area contributed by atoms with Gasteiger partial charge >= 0.3 is 0 Å². The number of carbonyl (C=O) groups excluding carboxylic acids is 2. The van der Waals surface area contributed by atoms with Gasteiger partial charge in [-0.15, -0.1) is 0 Å². The van der Waals surface area contributed by atoms with Crippen LogP contribution >= 0.6 is 15.9 Å². The highest BCUT2D eigenvalue weighted by molar-refractivity contribution is 9.10. The van der Waals surface area contributed by atoms with E-state index in [0.29, 0.717) is 15.8 Å². The summed E-state index contributed by atoms with van der Waals surface area (Å²) in [4.78, 5) is 25.6. The maximum atomic E-state index is 13.4. The van der Waals surface area contributed by atoms with Gasteiger partial charge in [-0.05, 0) is 30.3 Å². The Hall–Kier alpha value is -2.21. The molecular formula is C15H10BrFN2O2. The third-order valence-electron chi connectivity index (χ3n) is 3.13. The Morgan fingerprint density at radius 2 is 2.00 bits per heavy atom. The van der Waals surface area contributed by atoms with Gasteiger partial charge in [0, 0.05) is 10.0 Å². The van der Waals surface area contributed by atoms with Gasteiger partial charge in [-0.25, -0.2) is 4.39 Å². The van der Waals surface area contributed by atoms with Crippen molar-refractivity contribution >= 4 is 39.1 Å². The van der Waals surface area contributed by atoms with Gasteiger partial charge in [-0.1, -0.05) is 28.1 Å². The van der Waals surface area contributed by atoms with Gasteiger partial charge in [0.15, 0.2) is 0 Å². The number of nitrogens with zero attached hydrogens (tertiary/aromatic N) is 1. The van der Waals surface area contributed by atoms with Crippen molar-refractivity contribution in [3.63, 3.8) is 0 Å². The number of rotatable bonds is 1. The summed E-state index contributed by atoms with van der Waals surface area (Å²) in [5.74, 6) is -1.21. The third kappa shape index (κ3) is 2.67. The minimum absolute atomic E-state index is 0.0933. The van der Waals surface area contributed by atoms with Crippen molar-refractivity contribution in [2.24, 2.45) is 0 Å². The van der Waals surface area contributed by atoms with Crippen LogP contribution in [-0.2, 0) is 4.79 Å². The first-order valence-corrected chi connectivity index (χ1v) is 7.01. The lowest BCUT2D eigenvalue weighted by atomic mass is 10.1. The SMILES string of the molecule is O=C1CN(C(=O)c2cc(F)cc(Br)c2)c2ccccc2N1. The van der Waals surface area contributed by atoms with Crippen LogP contribution in [0.4, 0.5) is 15.8 Å². The van der Waals surface area contributed by atoms with Crippen molar-refractivity contribution in [1.29, 1.82) is 0 Å². The highest BCUT2D eigenvalue weighted by Gasteiger charge is 2.27. The fraction of sp³-hybridized carbons (Fsp3) is 0.0667. The van der Waals surface area contributed by atoms with Crippen LogP contribution in [0.5, 0.6) is 0 Å². The molecule has 0 radical (unpaired) electrons. The number of carbonyl (C=O) groups is 2. The topological polar surface area (TPSA) is 49.4 Å². The van der Waals surface area contributed by atoms with E-state index in [2.05, 4.69) is 21.2 Å². The first kappa shape index (κ1) is 13.8. The van der Waals surface area contributed by atoms with E-state index in [9.17, 15) is 14.0 Å². The second-order valence-corrected chi connectivity index (χ2v) is 5.53. The molecule has 3 rings (SSSR count). The number of hydrogen-bond donors (Lipinski definition) is 1. The molecule has 0 atom stereocenters. The van der Waals surface area contributed by atoms with E-state index in [1.165, 1.54) is 17.0 Å². The fourth-order valence-electron chi connectivity index (χ4n) is 2.25. The molecule has 1 aliphatic heterocycles. The van der Waals surface area contributed by atoms with Crippen LogP contribution in [0.3, 0.4) is 0 Å². The van der Waals surface area contributed by atoms with Crippen LogP contribution in [0.1, 0.15) is 10.4 Å². The number of para-hydroxylation sites is 2. The van der Waals surface area contributed by atoms with Crippen LogP contribution in [0, 0.1) is 5.82 Å². The monoisotopic (exact) mass is 348 g/mol. The summed E-state index contributed by atoms with van der Waals surface area (Å²) in [6, 6.07) is 11.0. The lowest BCUT2D eigenvalue weighted by Gasteiger charge is -2.29. The Bertz CT molecular complexity index is 728.